The van der Waals surface area contributed by atoms with E-state index in [9.17, 15) is 29.1 Å². The predicted octanol–water partition coefficient (Wildman–Crippen LogP) is 8.09. The normalized spacial score (nSPS) is 18.0. The highest BCUT2D eigenvalue weighted by Crippen LogP contribution is 2.52. The topological polar surface area (TPSA) is 214 Å². The number of carboxylic acids is 1. The number of imide groups is 1. The van der Waals surface area contributed by atoms with E-state index in [0.29, 0.717) is 73.5 Å². The number of halogens is 4. The fraction of sp³-hybridized carbons (Fsp3) is 0.327. The van der Waals surface area contributed by atoms with Crippen molar-refractivity contribution >= 4 is 78.7 Å². The highest BCUT2D eigenvalue weighted by molar-refractivity contribution is 7.22. The largest absolute Gasteiger partial charge is 0.490 e. The summed E-state index contributed by atoms with van der Waals surface area (Å²) in [6, 6.07) is 18.9. The average molecular weight is 1030 g/mol. The van der Waals surface area contributed by atoms with E-state index in [1.165, 1.54) is 59.5 Å². The second-order valence-electron chi connectivity index (χ2n) is 19.3. The van der Waals surface area contributed by atoms with Gasteiger partial charge in [0.05, 0.1) is 40.2 Å². The fourth-order valence-electron chi connectivity index (χ4n) is 10.9. The van der Waals surface area contributed by atoms with Crippen LogP contribution in [0.4, 0.5) is 34.2 Å². The Morgan fingerprint density at radius 3 is 2.47 bits per heavy atom. The molecule has 4 N–H and O–H groups in total. The first-order valence-corrected chi connectivity index (χ1v) is 24.8. The Hall–Kier alpha value is -7.85. The first kappa shape index (κ1) is 48.4. The highest BCUT2D eigenvalue weighted by atomic mass is 32.1. The second-order valence-corrected chi connectivity index (χ2v) is 20.3. The Kier molecular flexibility index (Phi) is 12.4. The number of carbonyl (C=O) groups excluding carboxylic acids is 4. The lowest BCUT2D eigenvalue weighted by Gasteiger charge is -2.51. The number of rotatable bonds is 11. The number of carbonyl (C=O) groups is 5. The van der Waals surface area contributed by atoms with Gasteiger partial charge in [-0.2, -0.15) is 18.3 Å². The summed E-state index contributed by atoms with van der Waals surface area (Å²) < 4.78 is 69.6. The minimum Gasteiger partial charge on any atom is -0.490 e. The summed E-state index contributed by atoms with van der Waals surface area (Å²) in [6.07, 6.45) is -0.829. The number of anilines is 3. The van der Waals surface area contributed by atoms with Gasteiger partial charge in [0.2, 0.25) is 17.7 Å². The number of aromatic nitrogens is 5. The van der Waals surface area contributed by atoms with E-state index in [1.54, 1.807) is 17.2 Å². The number of para-hydroxylation sites is 1. The number of ether oxygens (including phenoxy) is 1. The number of piperidine rings is 2. The molecular formula is C52H46F4N10O7S. The summed E-state index contributed by atoms with van der Waals surface area (Å²) in [5.41, 5.74) is 0.231. The van der Waals surface area contributed by atoms with Gasteiger partial charge in [-0.25, -0.2) is 19.2 Å². The standard InChI is InChI=1S/C52H46F4N10O7S/c1-64-46-31(43(63-64)32-11-14-39(67)61-47(32)69)9-12-35(42(46)53)58-40(68)26-65-21-17-51(18-22-65)23-28(24-51)73-36-7-4-5-29(41(36)52(54,55)56)30-10-13-38(60-45(30)49(71)72)66-20-16-27-15-19-57-44(33(27)25-66)48(70)62-50-59-34-6-2-3-8-37(34)74-50/h2-10,12-13,15,19,28,32H,11,14,16-18,20-26H2,1H3,(H,58,68)(H,71,72)(H,59,62,70)(H,61,67,69). The van der Waals surface area contributed by atoms with E-state index in [1.807, 2.05) is 35.2 Å². The number of hydrogen-bond donors (Lipinski definition) is 4. The molecule has 1 unspecified atom stereocenters. The molecule has 3 aliphatic heterocycles. The van der Waals surface area contributed by atoms with E-state index in [0.717, 1.165) is 15.8 Å². The Balaban J connectivity index is 0.734. The van der Waals surface area contributed by atoms with Crippen LogP contribution in [0, 0.1) is 11.2 Å². The quantitative estimate of drug-likeness (QED) is 0.0713. The molecule has 0 radical (unpaired) electrons. The lowest BCUT2D eigenvalue weighted by atomic mass is 9.61. The van der Waals surface area contributed by atoms with Crippen LogP contribution in [0.3, 0.4) is 0 Å². The number of alkyl halides is 3. The lowest BCUT2D eigenvalue weighted by Crippen LogP contribution is -2.52. The van der Waals surface area contributed by atoms with Crippen molar-refractivity contribution in [2.75, 3.05) is 41.7 Å². The number of likely N-dealkylation sites (tertiary alicyclic amines) is 1. The van der Waals surface area contributed by atoms with Crippen LogP contribution in [0.1, 0.15) is 87.8 Å². The van der Waals surface area contributed by atoms with Gasteiger partial charge in [0.1, 0.15) is 28.3 Å². The number of hydrogen-bond acceptors (Lipinski definition) is 13. The Bertz CT molecular complexity index is 3420. The van der Waals surface area contributed by atoms with Crippen molar-refractivity contribution in [3.05, 3.63) is 119 Å². The number of nitrogens with zero attached hydrogens (tertiary/aromatic N) is 7. The maximum atomic E-state index is 15.9. The maximum Gasteiger partial charge on any atom is 0.420 e. The number of nitrogens with one attached hydrogen (secondary N) is 3. The molecular weight excluding hydrogens is 985 g/mol. The predicted molar refractivity (Wildman–Crippen MR) is 264 cm³/mol. The zero-order valence-corrected chi connectivity index (χ0v) is 40.4. The van der Waals surface area contributed by atoms with Crippen LogP contribution in [0.5, 0.6) is 5.75 Å². The van der Waals surface area contributed by atoms with Crippen LogP contribution >= 0.6 is 11.3 Å². The highest BCUT2D eigenvalue weighted by Gasteiger charge is 2.48. The van der Waals surface area contributed by atoms with E-state index in [4.69, 9.17) is 4.74 Å². The molecule has 0 bridgehead atoms. The van der Waals surface area contributed by atoms with E-state index >= 15 is 17.6 Å². The second kappa shape index (κ2) is 18.9. The number of pyridine rings is 2. The lowest BCUT2D eigenvalue weighted by molar-refractivity contribution is -0.140. The zero-order chi connectivity index (χ0) is 51.6. The van der Waals surface area contributed by atoms with Crippen LogP contribution in [0.15, 0.2) is 79.0 Å². The minimum atomic E-state index is -4.94. The van der Waals surface area contributed by atoms with Gasteiger partial charge in [0, 0.05) is 54.8 Å². The van der Waals surface area contributed by atoms with Gasteiger partial charge in [-0.3, -0.25) is 44.4 Å². The van der Waals surface area contributed by atoms with Crippen LogP contribution in [-0.4, -0.2) is 96.6 Å². The third-order valence-electron chi connectivity index (χ3n) is 14.6. The van der Waals surface area contributed by atoms with Gasteiger partial charge in [0.25, 0.3) is 5.91 Å². The van der Waals surface area contributed by atoms with Gasteiger partial charge in [-0.05, 0) is 111 Å². The van der Waals surface area contributed by atoms with Crippen molar-refractivity contribution in [3.8, 4) is 16.9 Å². The number of aromatic carboxylic acids is 1. The molecule has 74 heavy (non-hydrogen) atoms. The third-order valence-corrected chi connectivity index (χ3v) is 15.6. The molecule has 4 aliphatic rings. The van der Waals surface area contributed by atoms with Crippen LogP contribution in [-0.2, 0) is 40.6 Å². The Morgan fingerprint density at radius 1 is 0.919 bits per heavy atom. The molecule has 1 spiro atoms. The van der Waals surface area contributed by atoms with Crippen molar-refractivity contribution in [2.45, 2.75) is 69.7 Å². The van der Waals surface area contributed by atoms with E-state index < -0.39 is 70.3 Å². The van der Waals surface area contributed by atoms with Crippen LogP contribution < -0.4 is 25.6 Å². The molecule has 1 atom stereocenters. The molecule has 7 heterocycles. The van der Waals surface area contributed by atoms with Crippen molar-refractivity contribution in [1.82, 2.24) is 34.9 Å². The zero-order valence-electron chi connectivity index (χ0n) is 39.6. The number of amides is 4. The summed E-state index contributed by atoms with van der Waals surface area (Å²) >= 11 is 1.32. The third kappa shape index (κ3) is 9.16. The molecule has 4 aromatic heterocycles. The van der Waals surface area contributed by atoms with E-state index in [2.05, 4.69) is 36.0 Å². The molecule has 7 aromatic rings. The molecule has 4 amide bonds. The maximum absolute atomic E-state index is 15.9. The van der Waals surface area contributed by atoms with Gasteiger partial charge < -0.3 is 20.1 Å². The SMILES string of the molecule is Cn1nc(C2CCC(=O)NC2=O)c2ccc(NC(=O)CN3CCC4(CC3)CC(Oc3cccc(-c5ccc(N6CCc7ccnc(C(=O)Nc8nc9ccccc9s8)c7C6)nc5C(=O)O)c3C(F)(F)F)C4)c(F)c21. The van der Waals surface area contributed by atoms with Gasteiger partial charge in [-0.15, -0.1) is 0 Å². The molecule has 380 valence electrons. The average Bonchev–Trinajstić information content (AvgIpc) is 3.93. The summed E-state index contributed by atoms with van der Waals surface area (Å²) in [6.45, 7) is 1.54. The number of benzene rings is 3. The van der Waals surface area contributed by atoms with Gasteiger partial charge in [0.15, 0.2) is 16.6 Å². The summed E-state index contributed by atoms with van der Waals surface area (Å²) in [4.78, 5) is 80.8. The van der Waals surface area contributed by atoms with Crippen LogP contribution in [0.25, 0.3) is 32.2 Å². The summed E-state index contributed by atoms with van der Waals surface area (Å²) in [5.74, 6) is -4.96. The van der Waals surface area contributed by atoms with Crippen molar-refractivity contribution in [1.29, 1.82) is 0 Å². The smallest absolute Gasteiger partial charge is 0.420 e. The molecule has 3 fully saturated rings. The monoisotopic (exact) mass is 1030 g/mol. The molecule has 1 saturated carbocycles. The van der Waals surface area contributed by atoms with Gasteiger partial charge >= 0.3 is 12.1 Å². The number of fused-ring (bicyclic) bond motifs is 3. The number of aryl methyl sites for hydroxylation is 1. The molecule has 2 saturated heterocycles. The van der Waals surface area contributed by atoms with Crippen molar-refractivity contribution in [2.24, 2.45) is 12.5 Å². The summed E-state index contributed by atoms with van der Waals surface area (Å²) in [7, 11) is 1.54. The Morgan fingerprint density at radius 2 is 1.72 bits per heavy atom. The molecule has 17 nitrogen and oxygen atoms in total. The Labute approximate surface area is 422 Å². The number of thiazole rings is 1. The first-order valence-electron chi connectivity index (χ1n) is 24.0. The van der Waals surface area contributed by atoms with Gasteiger partial charge in [-0.1, -0.05) is 35.6 Å². The van der Waals surface area contributed by atoms with E-state index in [-0.39, 0.29) is 65.5 Å². The summed E-state index contributed by atoms with van der Waals surface area (Å²) in [5, 5.41) is 23.4. The van der Waals surface area contributed by atoms with Crippen molar-refractivity contribution in [3.63, 3.8) is 0 Å². The van der Waals surface area contributed by atoms with Crippen LogP contribution in [0.2, 0.25) is 0 Å². The molecule has 11 rings (SSSR count). The fourth-order valence-corrected chi connectivity index (χ4v) is 11.8. The van der Waals surface area contributed by atoms with Crippen molar-refractivity contribution < 1.29 is 51.4 Å². The molecule has 22 heteroatoms. The minimum absolute atomic E-state index is 0.0219. The first-order chi connectivity index (χ1) is 35.5. The molecule has 3 aromatic carbocycles. The number of carboxylic acid groups (broad SMARTS) is 1. The molecule has 1 aliphatic carbocycles.